The summed E-state index contributed by atoms with van der Waals surface area (Å²) >= 11 is 0. The summed E-state index contributed by atoms with van der Waals surface area (Å²) in [6, 6.07) is 8.37. The van der Waals surface area contributed by atoms with Crippen LogP contribution in [0.1, 0.15) is 54.0 Å². The van der Waals surface area contributed by atoms with Gasteiger partial charge in [0.15, 0.2) is 0 Å². The van der Waals surface area contributed by atoms with E-state index in [0.29, 0.717) is 12.1 Å². The van der Waals surface area contributed by atoms with Crippen LogP contribution in [0.15, 0.2) is 36.5 Å². The molecule has 1 aliphatic carbocycles. The van der Waals surface area contributed by atoms with Gasteiger partial charge in [-0.3, -0.25) is 4.98 Å². The van der Waals surface area contributed by atoms with Gasteiger partial charge < -0.3 is 9.64 Å². The second-order valence-corrected chi connectivity index (χ2v) is 7.08. The van der Waals surface area contributed by atoms with Crippen molar-refractivity contribution >= 4 is 6.09 Å². The lowest BCUT2D eigenvalue weighted by atomic mass is 9.77. The number of nitrogens with zero attached hydrogens (tertiary/aromatic N) is 2. The molecule has 2 heterocycles. The van der Waals surface area contributed by atoms with E-state index >= 15 is 0 Å². The second-order valence-electron chi connectivity index (χ2n) is 7.08. The smallest absolute Gasteiger partial charge is 0.410 e. The molecule has 27 heavy (non-hydrogen) atoms. The number of carbonyl (C=O) groups is 1. The summed E-state index contributed by atoms with van der Waals surface area (Å²) in [7, 11) is 1.43. The first-order valence-corrected chi connectivity index (χ1v) is 9.26. The molecule has 1 amide bonds. The molecular formula is C22H21FN2O2. The van der Waals surface area contributed by atoms with Crippen LogP contribution in [-0.2, 0) is 11.3 Å². The number of methoxy groups -OCH3 is 1. The van der Waals surface area contributed by atoms with Crippen LogP contribution in [0.4, 0.5) is 9.18 Å². The molecule has 2 aliphatic rings. The SMILES string of the molecule is COC(=O)N1Cc2cc(C#Cc3cccc(F)c3)cnc2[C@H]2CCCC[C@H]21. The third kappa shape index (κ3) is 3.52. The molecule has 0 spiro atoms. The fraction of sp³-hybridized carbons (Fsp3) is 0.364. The average Bonchev–Trinajstić information content (AvgIpc) is 2.71. The van der Waals surface area contributed by atoms with Crippen molar-refractivity contribution in [1.82, 2.24) is 9.88 Å². The van der Waals surface area contributed by atoms with Gasteiger partial charge in [0, 0.05) is 29.3 Å². The molecule has 0 radical (unpaired) electrons. The van der Waals surface area contributed by atoms with Crippen molar-refractivity contribution < 1.29 is 13.9 Å². The Hall–Kier alpha value is -2.87. The Labute approximate surface area is 158 Å². The molecule has 1 aliphatic heterocycles. The van der Waals surface area contributed by atoms with E-state index < -0.39 is 0 Å². The highest BCUT2D eigenvalue weighted by Gasteiger charge is 2.40. The highest BCUT2D eigenvalue weighted by Crippen LogP contribution is 2.41. The molecule has 138 valence electrons. The Balaban J connectivity index is 1.66. The van der Waals surface area contributed by atoms with Crippen molar-refractivity contribution in [3.63, 3.8) is 0 Å². The summed E-state index contributed by atoms with van der Waals surface area (Å²) in [6.07, 6.45) is 5.80. The van der Waals surface area contributed by atoms with Gasteiger partial charge in [0.05, 0.1) is 19.3 Å². The van der Waals surface area contributed by atoms with Crippen LogP contribution in [0.5, 0.6) is 0 Å². The van der Waals surface area contributed by atoms with Crippen LogP contribution in [0.2, 0.25) is 0 Å². The number of ether oxygens (including phenoxy) is 1. The summed E-state index contributed by atoms with van der Waals surface area (Å²) in [5.41, 5.74) is 3.49. The van der Waals surface area contributed by atoms with Crippen LogP contribution < -0.4 is 0 Å². The number of amides is 1. The molecule has 0 bridgehead atoms. The van der Waals surface area contributed by atoms with E-state index in [9.17, 15) is 9.18 Å². The number of hydrogen-bond donors (Lipinski definition) is 0. The molecule has 4 rings (SSSR count). The molecule has 0 saturated heterocycles. The van der Waals surface area contributed by atoms with E-state index in [1.807, 2.05) is 11.0 Å². The first kappa shape index (κ1) is 17.5. The number of fused-ring (bicyclic) bond motifs is 3. The summed E-state index contributed by atoms with van der Waals surface area (Å²) < 4.78 is 18.3. The number of benzene rings is 1. The Morgan fingerprint density at radius 2 is 2.04 bits per heavy atom. The van der Waals surface area contributed by atoms with E-state index in [4.69, 9.17) is 9.72 Å². The summed E-state index contributed by atoms with van der Waals surface area (Å²) in [4.78, 5) is 18.8. The molecule has 2 atom stereocenters. The van der Waals surface area contributed by atoms with Crippen LogP contribution in [0.25, 0.3) is 0 Å². The second kappa shape index (κ2) is 7.40. The van der Waals surface area contributed by atoms with Gasteiger partial charge in [-0.1, -0.05) is 30.7 Å². The van der Waals surface area contributed by atoms with Gasteiger partial charge in [0.2, 0.25) is 0 Å². The molecule has 5 heteroatoms. The van der Waals surface area contributed by atoms with E-state index in [-0.39, 0.29) is 23.9 Å². The minimum absolute atomic E-state index is 0.162. The van der Waals surface area contributed by atoms with Crippen molar-refractivity contribution in [2.45, 2.75) is 44.2 Å². The molecule has 4 nitrogen and oxygen atoms in total. The highest BCUT2D eigenvalue weighted by atomic mass is 19.1. The van der Waals surface area contributed by atoms with E-state index in [1.54, 1.807) is 18.3 Å². The molecule has 0 unspecified atom stereocenters. The fourth-order valence-corrected chi connectivity index (χ4v) is 4.18. The lowest BCUT2D eigenvalue weighted by molar-refractivity contribution is 0.0740. The van der Waals surface area contributed by atoms with Gasteiger partial charge in [-0.2, -0.15) is 0 Å². The van der Waals surface area contributed by atoms with Gasteiger partial charge in [-0.15, -0.1) is 0 Å². The van der Waals surface area contributed by atoms with Crippen molar-refractivity contribution in [2.75, 3.05) is 7.11 Å². The molecule has 1 aromatic heterocycles. The van der Waals surface area contributed by atoms with Crippen molar-refractivity contribution in [2.24, 2.45) is 0 Å². The lowest BCUT2D eigenvalue weighted by Gasteiger charge is -2.43. The number of rotatable bonds is 0. The first-order chi connectivity index (χ1) is 13.2. The average molecular weight is 364 g/mol. The number of carbonyl (C=O) groups excluding carboxylic acids is 1. The normalized spacial score (nSPS) is 20.7. The standard InChI is InChI=1S/C22H21FN2O2/c1-27-22(26)25-14-17-11-16(10-9-15-5-4-6-18(23)12-15)13-24-21(17)19-7-2-3-8-20(19)25/h4-6,11-13,19-20H,2-3,7-8,14H2,1H3/t19-,20+/m0/s1. The van der Waals surface area contributed by atoms with Crippen LogP contribution >= 0.6 is 0 Å². The molecule has 1 aromatic carbocycles. The maximum atomic E-state index is 13.3. The van der Waals surface area contributed by atoms with E-state index in [1.165, 1.54) is 19.2 Å². The van der Waals surface area contributed by atoms with Gasteiger partial charge in [0.1, 0.15) is 5.82 Å². The zero-order valence-corrected chi connectivity index (χ0v) is 15.2. The number of hydrogen-bond acceptors (Lipinski definition) is 3. The Morgan fingerprint density at radius 3 is 2.85 bits per heavy atom. The van der Waals surface area contributed by atoms with Crippen molar-refractivity contribution in [3.8, 4) is 11.8 Å². The zero-order valence-electron chi connectivity index (χ0n) is 15.2. The van der Waals surface area contributed by atoms with Crippen LogP contribution in [0, 0.1) is 17.7 Å². The Bertz CT molecular complexity index is 931. The van der Waals surface area contributed by atoms with Crippen molar-refractivity contribution in [1.29, 1.82) is 0 Å². The van der Waals surface area contributed by atoms with Gasteiger partial charge in [-0.05, 0) is 42.7 Å². The number of aromatic nitrogens is 1. The largest absolute Gasteiger partial charge is 0.453 e. The molecule has 1 saturated carbocycles. The third-order valence-electron chi connectivity index (χ3n) is 5.41. The fourth-order valence-electron chi connectivity index (χ4n) is 4.18. The Morgan fingerprint density at radius 1 is 1.22 bits per heavy atom. The van der Waals surface area contributed by atoms with E-state index in [0.717, 1.165) is 42.5 Å². The van der Waals surface area contributed by atoms with Crippen molar-refractivity contribution in [3.05, 3.63) is 64.7 Å². The summed E-state index contributed by atoms with van der Waals surface area (Å²) in [6.45, 7) is 0.492. The van der Waals surface area contributed by atoms with E-state index in [2.05, 4.69) is 11.8 Å². The molecular weight excluding hydrogens is 343 g/mol. The Kier molecular flexibility index (Phi) is 4.81. The molecule has 2 aromatic rings. The topological polar surface area (TPSA) is 42.4 Å². The predicted octanol–water partition coefficient (Wildman–Crippen LogP) is 4.23. The molecule has 0 N–H and O–H groups in total. The summed E-state index contributed by atoms with van der Waals surface area (Å²) in [5, 5.41) is 0. The predicted molar refractivity (Wildman–Crippen MR) is 99.6 cm³/mol. The van der Waals surface area contributed by atoms with Crippen LogP contribution in [0.3, 0.4) is 0 Å². The number of pyridine rings is 1. The summed E-state index contributed by atoms with van der Waals surface area (Å²) in [5.74, 6) is 5.98. The maximum Gasteiger partial charge on any atom is 0.410 e. The highest BCUT2D eigenvalue weighted by molar-refractivity contribution is 5.69. The third-order valence-corrected chi connectivity index (χ3v) is 5.41. The van der Waals surface area contributed by atoms with Crippen LogP contribution in [-0.4, -0.2) is 29.1 Å². The first-order valence-electron chi connectivity index (χ1n) is 9.26. The monoisotopic (exact) mass is 364 g/mol. The molecule has 1 fully saturated rings. The number of halogens is 1. The van der Waals surface area contributed by atoms with Gasteiger partial charge >= 0.3 is 6.09 Å². The van der Waals surface area contributed by atoms with Gasteiger partial charge in [-0.25, -0.2) is 9.18 Å². The van der Waals surface area contributed by atoms with Gasteiger partial charge in [0.25, 0.3) is 0 Å². The maximum absolute atomic E-state index is 13.3. The zero-order chi connectivity index (χ0) is 18.8. The minimum Gasteiger partial charge on any atom is -0.453 e. The quantitative estimate of drug-likeness (QED) is 0.657. The minimum atomic E-state index is -0.303. The lowest BCUT2D eigenvalue weighted by Crippen LogP contribution is -2.48.